The summed E-state index contributed by atoms with van der Waals surface area (Å²) in [6.07, 6.45) is 5.34. The van der Waals surface area contributed by atoms with Gasteiger partial charge in [-0.3, -0.25) is 14.4 Å². The number of para-hydroxylation sites is 1. The maximum absolute atomic E-state index is 13.4. The van der Waals surface area contributed by atoms with Gasteiger partial charge in [-0.05, 0) is 36.6 Å². The van der Waals surface area contributed by atoms with Gasteiger partial charge in [-0.25, -0.2) is 10.4 Å². The molecule has 4 rings (SSSR count). The summed E-state index contributed by atoms with van der Waals surface area (Å²) in [6.45, 7) is 3.92. The molecule has 0 saturated heterocycles. The lowest BCUT2D eigenvalue weighted by atomic mass is 10.0. The van der Waals surface area contributed by atoms with Gasteiger partial charge in [0.25, 0.3) is 11.8 Å². The monoisotopic (exact) mass is 544 g/mol. The van der Waals surface area contributed by atoms with Gasteiger partial charge in [-0.2, -0.15) is 5.10 Å². The zero-order chi connectivity index (χ0) is 28.5. The van der Waals surface area contributed by atoms with E-state index in [0.717, 1.165) is 5.69 Å². The van der Waals surface area contributed by atoms with Crippen molar-refractivity contribution in [2.24, 2.45) is 11.0 Å². The first-order valence-corrected chi connectivity index (χ1v) is 12.9. The van der Waals surface area contributed by atoms with Gasteiger partial charge in [0.15, 0.2) is 17.1 Å². The molecule has 0 bridgehead atoms. The van der Waals surface area contributed by atoms with E-state index in [1.165, 1.54) is 19.7 Å². The molecule has 2 heterocycles. The molecule has 0 fully saturated rings. The van der Waals surface area contributed by atoms with Crippen molar-refractivity contribution >= 4 is 34.9 Å². The standard InChI is InChI=1S/C29H32N6O5/c1-18(2)12-23(34-29(38)25-13-20-10-7-11-24(39-3)26(20)40-25)28(37)33-22(14-21-15-30-17-31-21)16-32-35-27(36)19-8-5-4-6-9-19/h4-11,13,15-18,22-23H,12,14H2,1-3H3,(H,30,31)(H,33,37)(H,34,38)(H,35,36)/b32-16+/t22-,23-/m0/s1. The summed E-state index contributed by atoms with van der Waals surface area (Å²) in [4.78, 5) is 45.9. The van der Waals surface area contributed by atoms with Gasteiger partial charge in [-0.15, -0.1) is 0 Å². The van der Waals surface area contributed by atoms with E-state index in [1.54, 1.807) is 48.7 Å². The van der Waals surface area contributed by atoms with Crippen LogP contribution in [-0.2, 0) is 11.2 Å². The molecular weight excluding hydrogens is 512 g/mol. The Kier molecular flexibility index (Phi) is 9.29. The molecule has 4 aromatic rings. The lowest BCUT2D eigenvalue weighted by Gasteiger charge is -2.22. The normalized spacial score (nSPS) is 12.8. The predicted molar refractivity (Wildman–Crippen MR) is 150 cm³/mol. The summed E-state index contributed by atoms with van der Waals surface area (Å²) in [6, 6.07) is 14.2. The Hall–Kier alpha value is -4.93. The minimum atomic E-state index is -0.848. The summed E-state index contributed by atoms with van der Waals surface area (Å²) in [5, 5.41) is 10.5. The van der Waals surface area contributed by atoms with Gasteiger partial charge < -0.3 is 24.8 Å². The molecule has 208 valence electrons. The average molecular weight is 545 g/mol. The molecule has 0 aliphatic rings. The number of carbonyl (C=O) groups excluding carboxylic acids is 3. The summed E-state index contributed by atoms with van der Waals surface area (Å²) >= 11 is 0. The van der Waals surface area contributed by atoms with E-state index < -0.39 is 23.9 Å². The van der Waals surface area contributed by atoms with Gasteiger partial charge in [0.1, 0.15) is 6.04 Å². The minimum Gasteiger partial charge on any atom is -0.493 e. The van der Waals surface area contributed by atoms with Gasteiger partial charge >= 0.3 is 0 Å². The Balaban J connectivity index is 1.47. The summed E-state index contributed by atoms with van der Waals surface area (Å²) < 4.78 is 11.1. The van der Waals surface area contributed by atoms with Crippen LogP contribution in [0.25, 0.3) is 11.0 Å². The largest absolute Gasteiger partial charge is 0.493 e. The van der Waals surface area contributed by atoms with Crippen LogP contribution < -0.4 is 20.8 Å². The molecule has 0 aliphatic carbocycles. The summed E-state index contributed by atoms with van der Waals surface area (Å²) in [5.41, 5.74) is 4.14. The number of ether oxygens (including phenoxy) is 1. The van der Waals surface area contributed by atoms with E-state index >= 15 is 0 Å². The highest BCUT2D eigenvalue weighted by atomic mass is 16.5. The minimum absolute atomic E-state index is 0.0697. The fourth-order valence-electron chi connectivity index (χ4n) is 4.14. The maximum Gasteiger partial charge on any atom is 0.287 e. The number of carbonyl (C=O) groups is 3. The van der Waals surface area contributed by atoms with Gasteiger partial charge in [0.05, 0.1) is 19.5 Å². The zero-order valence-corrected chi connectivity index (χ0v) is 22.5. The van der Waals surface area contributed by atoms with E-state index in [9.17, 15) is 14.4 Å². The first-order valence-electron chi connectivity index (χ1n) is 12.9. The average Bonchev–Trinajstić information content (AvgIpc) is 3.62. The second-order valence-corrected chi connectivity index (χ2v) is 9.63. The lowest BCUT2D eigenvalue weighted by Crippen LogP contribution is -2.51. The second-order valence-electron chi connectivity index (χ2n) is 9.63. The maximum atomic E-state index is 13.4. The highest BCUT2D eigenvalue weighted by Crippen LogP contribution is 2.28. The van der Waals surface area contributed by atoms with Crippen molar-refractivity contribution in [2.75, 3.05) is 7.11 Å². The highest BCUT2D eigenvalue weighted by Gasteiger charge is 2.26. The first kappa shape index (κ1) is 28.1. The molecule has 0 saturated carbocycles. The van der Waals surface area contributed by atoms with Gasteiger partial charge in [0.2, 0.25) is 5.91 Å². The molecule has 0 unspecified atom stereocenters. The molecule has 0 radical (unpaired) electrons. The second kappa shape index (κ2) is 13.2. The van der Waals surface area contributed by atoms with Crippen molar-refractivity contribution in [3.63, 3.8) is 0 Å². The zero-order valence-electron chi connectivity index (χ0n) is 22.5. The van der Waals surface area contributed by atoms with Crippen molar-refractivity contribution in [3.05, 3.63) is 84.1 Å². The number of H-pyrrole nitrogens is 1. The number of nitrogens with zero attached hydrogens (tertiary/aromatic N) is 2. The Morgan fingerprint density at radius 1 is 1.07 bits per heavy atom. The quantitative estimate of drug-likeness (QED) is 0.158. The van der Waals surface area contributed by atoms with Crippen molar-refractivity contribution in [1.29, 1.82) is 0 Å². The van der Waals surface area contributed by atoms with Crippen LogP contribution in [0.1, 0.15) is 46.9 Å². The van der Waals surface area contributed by atoms with E-state index in [4.69, 9.17) is 9.15 Å². The van der Waals surface area contributed by atoms with E-state index in [0.29, 0.717) is 35.1 Å². The Morgan fingerprint density at radius 3 is 2.58 bits per heavy atom. The smallest absolute Gasteiger partial charge is 0.287 e. The van der Waals surface area contributed by atoms with Crippen LogP contribution in [0.4, 0.5) is 0 Å². The highest BCUT2D eigenvalue weighted by molar-refractivity contribution is 6.00. The molecule has 0 aliphatic heterocycles. The molecule has 11 heteroatoms. The van der Waals surface area contributed by atoms with E-state index in [-0.39, 0.29) is 17.6 Å². The number of amides is 3. The van der Waals surface area contributed by atoms with Crippen LogP contribution in [0, 0.1) is 5.92 Å². The van der Waals surface area contributed by atoms with Crippen molar-refractivity contribution in [2.45, 2.75) is 38.8 Å². The number of hydrogen-bond acceptors (Lipinski definition) is 7. The van der Waals surface area contributed by atoms with Crippen LogP contribution >= 0.6 is 0 Å². The molecule has 40 heavy (non-hydrogen) atoms. The third kappa shape index (κ3) is 7.34. The number of aromatic amines is 1. The number of hydrogen-bond donors (Lipinski definition) is 4. The third-order valence-electron chi connectivity index (χ3n) is 6.06. The first-order chi connectivity index (χ1) is 19.3. The van der Waals surface area contributed by atoms with Crippen LogP contribution in [0.5, 0.6) is 5.75 Å². The van der Waals surface area contributed by atoms with E-state index in [1.807, 2.05) is 26.0 Å². The molecule has 11 nitrogen and oxygen atoms in total. The Labute approximate surface area is 231 Å². The number of methoxy groups -OCH3 is 1. The third-order valence-corrected chi connectivity index (χ3v) is 6.06. The van der Waals surface area contributed by atoms with E-state index in [2.05, 4.69) is 31.1 Å². The number of imidazole rings is 1. The number of nitrogens with one attached hydrogen (secondary N) is 4. The fourth-order valence-corrected chi connectivity index (χ4v) is 4.14. The summed E-state index contributed by atoms with van der Waals surface area (Å²) in [7, 11) is 1.52. The lowest BCUT2D eigenvalue weighted by molar-refractivity contribution is -0.123. The molecule has 4 N–H and O–H groups in total. The van der Waals surface area contributed by atoms with Crippen LogP contribution in [0.2, 0.25) is 0 Å². The number of fused-ring (bicyclic) bond motifs is 1. The predicted octanol–water partition coefficient (Wildman–Crippen LogP) is 3.45. The molecule has 2 atom stereocenters. The summed E-state index contributed by atoms with van der Waals surface area (Å²) in [5.74, 6) is -0.616. The molecular formula is C29H32N6O5. The number of aromatic nitrogens is 2. The number of hydrazone groups is 1. The topological polar surface area (TPSA) is 151 Å². The van der Waals surface area contributed by atoms with Crippen molar-refractivity contribution < 1.29 is 23.5 Å². The fraction of sp³-hybridized carbons (Fsp3) is 0.276. The Bertz CT molecular complexity index is 1460. The van der Waals surface area contributed by atoms with Gasteiger partial charge in [-0.1, -0.05) is 44.2 Å². The van der Waals surface area contributed by atoms with Crippen molar-refractivity contribution in [1.82, 2.24) is 26.0 Å². The number of rotatable bonds is 12. The number of furan rings is 1. The van der Waals surface area contributed by atoms with Crippen LogP contribution in [-0.4, -0.2) is 53.1 Å². The van der Waals surface area contributed by atoms with Crippen LogP contribution in [0.15, 0.2) is 76.6 Å². The van der Waals surface area contributed by atoms with Crippen LogP contribution in [0.3, 0.4) is 0 Å². The molecule has 3 amide bonds. The van der Waals surface area contributed by atoms with Crippen molar-refractivity contribution in [3.8, 4) is 5.75 Å². The SMILES string of the molecule is COc1cccc2cc(C(=O)N[C@@H](CC(C)C)C(=O)N[C@H](/C=N/NC(=O)c3ccccc3)Cc3cnc[nH]3)oc12. The number of benzene rings is 2. The van der Waals surface area contributed by atoms with Gasteiger partial charge in [0, 0.05) is 35.5 Å². The Morgan fingerprint density at radius 2 is 1.88 bits per heavy atom. The molecule has 0 spiro atoms. The molecule has 2 aromatic heterocycles. The molecule has 2 aromatic carbocycles.